The maximum absolute atomic E-state index is 13.1. The second-order valence-electron chi connectivity index (χ2n) is 3.41. The summed E-state index contributed by atoms with van der Waals surface area (Å²) in [7, 11) is 0. The highest BCUT2D eigenvalue weighted by atomic mass is 18.2. The lowest BCUT2D eigenvalue weighted by molar-refractivity contribution is 0.471. The Balaban J connectivity index is 2.57. The van der Waals surface area contributed by atoms with Crippen LogP contribution in [0.25, 0.3) is 0 Å². The van der Waals surface area contributed by atoms with Gasteiger partial charge in [-0.3, -0.25) is 0 Å². The Labute approximate surface area is 82.9 Å². The van der Waals surface area contributed by atoms with Crippen LogP contribution >= 0.6 is 0 Å². The molecule has 0 aromatic heterocycles. The van der Waals surface area contributed by atoms with E-state index >= 15 is 0 Å². The van der Waals surface area contributed by atoms with Crippen LogP contribution in [0.15, 0.2) is 18.2 Å². The van der Waals surface area contributed by atoms with E-state index in [0.29, 0.717) is 24.1 Å². The molecule has 0 bridgehead atoms. The second-order valence-corrected chi connectivity index (χ2v) is 3.41. The minimum absolute atomic E-state index is 0.0907. The Morgan fingerprint density at radius 2 is 2.21 bits per heavy atom. The van der Waals surface area contributed by atoms with Gasteiger partial charge in [0.15, 0.2) is 0 Å². The van der Waals surface area contributed by atoms with Crippen molar-refractivity contribution in [1.29, 1.82) is 5.41 Å². The average molecular weight is 194 g/mol. The molecule has 1 aromatic rings. The zero-order valence-corrected chi connectivity index (χ0v) is 8.18. The van der Waals surface area contributed by atoms with Crippen LogP contribution in [0.5, 0.6) is 5.75 Å². The molecular weight excluding hydrogens is 180 g/mol. The van der Waals surface area contributed by atoms with Gasteiger partial charge in [0.05, 0.1) is 0 Å². The number of rotatable bonds is 4. The summed E-state index contributed by atoms with van der Waals surface area (Å²) in [4.78, 5) is 0. The number of halogens is 1. The van der Waals surface area contributed by atoms with Crippen molar-refractivity contribution in [2.45, 2.75) is 26.2 Å². The molecule has 2 N–H and O–H groups in total. The lowest BCUT2D eigenvalue weighted by Crippen LogP contribution is -1.94. The molecule has 2 nitrogen and oxygen atoms in total. The highest BCUT2D eigenvalue weighted by Crippen LogP contribution is 2.17. The summed E-state index contributed by atoms with van der Waals surface area (Å²) in [5, 5.41) is 16.4. The molecular formula is C11H14FNO. The molecule has 0 fully saturated rings. The van der Waals surface area contributed by atoms with Gasteiger partial charge in [-0.2, -0.15) is 0 Å². The van der Waals surface area contributed by atoms with E-state index in [4.69, 9.17) is 10.5 Å². The van der Waals surface area contributed by atoms with Crippen LogP contribution in [0, 0.1) is 11.2 Å². The van der Waals surface area contributed by atoms with E-state index in [0.717, 1.165) is 6.42 Å². The van der Waals surface area contributed by atoms with E-state index in [1.807, 2.05) is 0 Å². The highest BCUT2D eigenvalue weighted by Gasteiger charge is 2.02. The molecule has 0 saturated heterocycles. The first-order chi connectivity index (χ1) is 6.59. The minimum atomic E-state index is -0.287. The molecule has 0 saturated carbocycles. The van der Waals surface area contributed by atoms with Gasteiger partial charge >= 0.3 is 0 Å². The summed E-state index contributed by atoms with van der Waals surface area (Å²) in [6.45, 7) is 1.73. The maximum atomic E-state index is 13.1. The Kier molecular flexibility index (Phi) is 3.63. The zero-order valence-electron chi connectivity index (χ0n) is 8.18. The Morgan fingerprint density at radius 3 is 2.86 bits per heavy atom. The van der Waals surface area contributed by atoms with Crippen molar-refractivity contribution in [3.8, 4) is 5.75 Å². The van der Waals surface area contributed by atoms with Crippen molar-refractivity contribution in [2.75, 3.05) is 0 Å². The number of phenolic OH excluding ortho intramolecular Hbond substituents is 1. The average Bonchev–Trinajstić information content (AvgIpc) is 2.10. The maximum Gasteiger partial charge on any atom is 0.126 e. The van der Waals surface area contributed by atoms with Gasteiger partial charge in [0, 0.05) is 5.71 Å². The molecule has 76 valence electrons. The number of hydrogen-bond acceptors (Lipinski definition) is 2. The van der Waals surface area contributed by atoms with Crippen molar-refractivity contribution in [3.63, 3.8) is 0 Å². The molecule has 0 unspecified atom stereocenters. The van der Waals surface area contributed by atoms with Gasteiger partial charge in [-0.05, 0) is 49.9 Å². The molecule has 0 radical (unpaired) electrons. The minimum Gasteiger partial charge on any atom is -0.508 e. The fourth-order valence-electron chi connectivity index (χ4n) is 1.30. The van der Waals surface area contributed by atoms with Crippen LogP contribution in [0.2, 0.25) is 0 Å². The first kappa shape index (κ1) is 10.7. The fourth-order valence-corrected chi connectivity index (χ4v) is 1.30. The van der Waals surface area contributed by atoms with E-state index in [1.54, 1.807) is 6.92 Å². The number of aryl methyl sites for hydroxylation is 1. The van der Waals surface area contributed by atoms with E-state index < -0.39 is 0 Å². The molecule has 0 aliphatic rings. The molecule has 0 spiro atoms. The number of phenols is 1. The monoisotopic (exact) mass is 194 g/mol. The quantitative estimate of drug-likeness (QED) is 0.711. The van der Waals surface area contributed by atoms with Crippen LogP contribution in [0.1, 0.15) is 25.3 Å². The van der Waals surface area contributed by atoms with Crippen molar-refractivity contribution in [1.82, 2.24) is 0 Å². The first-order valence-electron chi connectivity index (χ1n) is 4.61. The van der Waals surface area contributed by atoms with Crippen molar-refractivity contribution in [3.05, 3.63) is 29.6 Å². The van der Waals surface area contributed by atoms with Crippen LogP contribution in [0.4, 0.5) is 4.39 Å². The van der Waals surface area contributed by atoms with Crippen molar-refractivity contribution < 1.29 is 9.50 Å². The molecule has 3 heteroatoms. The summed E-state index contributed by atoms with van der Waals surface area (Å²) >= 11 is 0. The number of hydrogen-bond donors (Lipinski definition) is 2. The van der Waals surface area contributed by atoms with Gasteiger partial charge < -0.3 is 10.5 Å². The Morgan fingerprint density at radius 1 is 1.50 bits per heavy atom. The van der Waals surface area contributed by atoms with Crippen LogP contribution < -0.4 is 0 Å². The van der Waals surface area contributed by atoms with Crippen molar-refractivity contribution in [2.24, 2.45) is 0 Å². The summed E-state index contributed by atoms with van der Waals surface area (Å²) in [6, 6.07) is 4.04. The number of nitrogens with one attached hydrogen (secondary N) is 1. The molecule has 1 rings (SSSR count). The van der Waals surface area contributed by atoms with Gasteiger partial charge in [-0.15, -0.1) is 0 Å². The first-order valence-corrected chi connectivity index (χ1v) is 4.61. The lowest BCUT2D eigenvalue weighted by atomic mass is 10.1. The lowest BCUT2D eigenvalue weighted by Gasteiger charge is -2.03. The van der Waals surface area contributed by atoms with Gasteiger partial charge in [0.25, 0.3) is 0 Å². The smallest absolute Gasteiger partial charge is 0.126 e. The predicted octanol–water partition coefficient (Wildman–Crippen LogP) is 2.89. The van der Waals surface area contributed by atoms with Gasteiger partial charge in [0.1, 0.15) is 11.6 Å². The van der Waals surface area contributed by atoms with E-state index in [1.165, 1.54) is 18.2 Å². The normalized spacial score (nSPS) is 10.1. The third-order valence-electron chi connectivity index (χ3n) is 2.03. The topological polar surface area (TPSA) is 44.1 Å². The molecule has 0 heterocycles. The van der Waals surface area contributed by atoms with Crippen LogP contribution in [-0.2, 0) is 6.42 Å². The molecule has 1 aromatic carbocycles. The summed E-state index contributed by atoms with van der Waals surface area (Å²) < 4.78 is 13.1. The molecule has 0 atom stereocenters. The molecule has 14 heavy (non-hydrogen) atoms. The summed E-state index contributed by atoms with van der Waals surface area (Å²) in [5.41, 5.74) is 1.12. The largest absolute Gasteiger partial charge is 0.508 e. The second kappa shape index (κ2) is 4.74. The predicted molar refractivity (Wildman–Crippen MR) is 54.4 cm³/mol. The van der Waals surface area contributed by atoms with Gasteiger partial charge in [-0.1, -0.05) is 0 Å². The third-order valence-corrected chi connectivity index (χ3v) is 2.03. The Bertz CT molecular complexity index is 336. The Hall–Kier alpha value is -1.38. The highest BCUT2D eigenvalue weighted by molar-refractivity contribution is 5.78. The third kappa shape index (κ3) is 3.17. The van der Waals surface area contributed by atoms with Crippen LogP contribution in [0.3, 0.4) is 0 Å². The standard InChI is InChI=1S/C11H14FNO/c1-8(13)3-2-4-9-7-10(14)5-6-11(9)12/h5-7,13-14H,2-4H2,1H3/i12-1. The summed E-state index contributed by atoms with van der Waals surface area (Å²) in [6.07, 6.45) is 1.99. The van der Waals surface area contributed by atoms with Crippen molar-refractivity contribution >= 4 is 5.71 Å². The van der Waals surface area contributed by atoms with E-state index in [9.17, 15) is 4.39 Å². The van der Waals surface area contributed by atoms with Gasteiger partial charge in [-0.25, -0.2) is 4.39 Å². The SMILES string of the molecule is CC(=N)CCCc1cc(O)ccc1[18F]. The van der Waals surface area contributed by atoms with E-state index in [2.05, 4.69) is 0 Å². The summed E-state index contributed by atoms with van der Waals surface area (Å²) in [5.74, 6) is -0.196. The van der Waals surface area contributed by atoms with Gasteiger partial charge in [0.2, 0.25) is 0 Å². The fraction of sp³-hybridized carbons (Fsp3) is 0.364. The molecule has 0 aliphatic carbocycles. The number of benzene rings is 1. The number of aromatic hydroxyl groups is 1. The molecule has 0 aliphatic heterocycles. The zero-order chi connectivity index (χ0) is 10.6. The van der Waals surface area contributed by atoms with E-state index in [-0.39, 0.29) is 11.6 Å². The molecule has 0 amide bonds. The van der Waals surface area contributed by atoms with Crippen LogP contribution in [-0.4, -0.2) is 10.8 Å².